The molecule has 0 saturated carbocycles. The number of amides is 1. The number of nitrogens with one attached hydrogen (secondary N) is 1. The second-order valence-corrected chi connectivity index (χ2v) is 3.68. The maximum Gasteiger partial charge on any atom is 0.236 e. The molecule has 0 aromatic carbocycles. The van der Waals surface area contributed by atoms with Crippen molar-refractivity contribution in [3.63, 3.8) is 0 Å². The highest BCUT2D eigenvalue weighted by molar-refractivity contribution is 5.78. The van der Waals surface area contributed by atoms with Crippen molar-refractivity contribution < 1.29 is 4.79 Å². The summed E-state index contributed by atoms with van der Waals surface area (Å²) in [5.41, 5.74) is 0. The van der Waals surface area contributed by atoms with E-state index in [4.69, 9.17) is 0 Å². The minimum atomic E-state index is 0.254. The molecule has 3 heteroatoms. The Bertz CT molecular complexity index is 151. The van der Waals surface area contributed by atoms with E-state index in [-0.39, 0.29) is 5.91 Å². The van der Waals surface area contributed by atoms with Crippen molar-refractivity contribution in [1.82, 2.24) is 10.2 Å². The van der Waals surface area contributed by atoms with Crippen LogP contribution in [0.1, 0.15) is 32.1 Å². The molecule has 0 radical (unpaired) electrons. The molecule has 1 aliphatic rings. The quantitative estimate of drug-likeness (QED) is 0.694. The standard InChI is InChI=1S/C10H20N2O/c1-11-9-10(13)12-7-5-3-2-4-6-8-12/h11H,2-9H2,1H3. The Balaban J connectivity index is 2.32. The van der Waals surface area contributed by atoms with Crippen molar-refractivity contribution in [3.05, 3.63) is 0 Å². The van der Waals surface area contributed by atoms with E-state index in [1.165, 1.54) is 32.1 Å². The Morgan fingerprint density at radius 3 is 2.23 bits per heavy atom. The third-order valence-electron chi connectivity index (χ3n) is 2.54. The second kappa shape index (κ2) is 5.97. The van der Waals surface area contributed by atoms with Crippen molar-refractivity contribution in [2.75, 3.05) is 26.7 Å². The molecule has 0 bridgehead atoms. The normalized spacial score (nSPS) is 19.3. The third kappa shape index (κ3) is 3.77. The third-order valence-corrected chi connectivity index (χ3v) is 2.54. The Morgan fingerprint density at radius 1 is 1.15 bits per heavy atom. The summed E-state index contributed by atoms with van der Waals surface area (Å²) in [4.78, 5) is 13.5. The summed E-state index contributed by atoms with van der Waals surface area (Å²) in [6.07, 6.45) is 6.26. The number of nitrogens with zero attached hydrogens (tertiary/aromatic N) is 1. The number of likely N-dealkylation sites (tertiary alicyclic amines) is 1. The lowest BCUT2D eigenvalue weighted by molar-refractivity contribution is -0.130. The molecule has 0 aromatic rings. The largest absolute Gasteiger partial charge is 0.342 e. The van der Waals surface area contributed by atoms with E-state index in [1.807, 2.05) is 11.9 Å². The van der Waals surface area contributed by atoms with E-state index in [9.17, 15) is 4.79 Å². The van der Waals surface area contributed by atoms with Gasteiger partial charge in [0.05, 0.1) is 6.54 Å². The Labute approximate surface area is 80.5 Å². The monoisotopic (exact) mass is 184 g/mol. The van der Waals surface area contributed by atoms with Gasteiger partial charge in [-0.1, -0.05) is 19.3 Å². The maximum absolute atomic E-state index is 11.5. The minimum absolute atomic E-state index is 0.254. The van der Waals surface area contributed by atoms with Gasteiger partial charge >= 0.3 is 0 Å². The van der Waals surface area contributed by atoms with Gasteiger partial charge in [-0.05, 0) is 19.9 Å². The van der Waals surface area contributed by atoms with Crippen molar-refractivity contribution in [3.8, 4) is 0 Å². The molecule has 76 valence electrons. The average molecular weight is 184 g/mol. The number of likely N-dealkylation sites (N-methyl/N-ethyl adjacent to an activating group) is 1. The molecule has 0 aromatic heterocycles. The lowest BCUT2D eigenvalue weighted by atomic mass is 10.1. The Kier molecular flexibility index (Phi) is 4.83. The molecule has 0 aliphatic carbocycles. The summed E-state index contributed by atoms with van der Waals surface area (Å²) < 4.78 is 0. The van der Waals surface area contributed by atoms with Gasteiger partial charge in [-0.15, -0.1) is 0 Å². The van der Waals surface area contributed by atoms with E-state index in [0.717, 1.165) is 13.1 Å². The van der Waals surface area contributed by atoms with Crippen LogP contribution >= 0.6 is 0 Å². The van der Waals surface area contributed by atoms with E-state index < -0.39 is 0 Å². The highest BCUT2D eigenvalue weighted by atomic mass is 16.2. The number of rotatable bonds is 2. The molecule has 13 heavy (non-hydrogen) atoms. The fraction of sp³-hybridized carbons (Fsp3) is 0.900. The number of carbonyl (C=O) groups is 1. The van der Waals surface area contributed by atoms with Crippen molar-refractivity contribution in [1.29, 1.82) is 0 Å². The van der Waals surface area contributed by atoms with Crippen LogP contribution in [0.3, 0.4) is 0 Å². The smallest absolute Gasteiger partial charge is 0.236 e. The number of hydrogen-bond acceptors (Lipinski definition) is 2. The van der Waals surface area contributed by atoms with Gasteiger partial charge < -0.3 is 10.2 Å². The van der Waals surface area contributed by atoms with Gasteiger partial charge in [0.15, 0.2) is 0 Å². The zero-order chi connectivity index (χ0) is 9.52. The highest BCUT2D eigenvalue weighted by Gasteiger charge is 2.12. The van der Waals surface area contributed by atoms with Gasteiger partial charge in [-0.2, -0.15) is 0 Å². The first kappa shape index (κ1) is 10.5. The SMILES string of the molecule is CNCC(=O)N1CCCCCCC1. The zero-order valence-electron chi connectivity index (χ0n) is 8.51. The number of carbonyl (C=O) groups excluding carboxylic acids is 1. The van der Waals surface area contributed by atoms with Crippen LogP contribution in [0.2, 0.25) is 0 Å². The zero-order valence-corrected chi connectivity index (χ0v) is 8.51. The molecule has 3 nitrogen and oxygen atoms in total. The van der Waals surface area contributed by atoms with Gasteiger partial charge in [-0.25, -0.2) is 0 Å². The molecule has 1 rings (SSSR count). The first-order chi connectivity index (χ1) is 6.34. The van der Waals surface area contributed by atoms with Crippen LogP contribution in [0.4, 0.5) is 0 Å². The fourth-order valence-corrected chi connectivity index (χ4v) is 1.76. The molecule has 1 amide bonds. The molecular weight excluding hydrogens is 164 g/mol. The molecule has 1 saturated heterocycles. The predicted octanol–water partition coefficient (Wildman–Crippen LogP) is 0.998. The molecule has 1 aliphatic heterocycles. The summed E-state index contributed by atoms with van der Waals surface area (Å²) in [5.74, 6) is 0.254. The van der Waals surface area contributed by atoms with Gasteiger partial charge in [0, 0.05) is 13.1 Å². The minimum Gasteiger partial charge on any atom is -0.342 e. The first-order valence-corrected chi connectivity index (χ1v) is 5.27. The molecular formula is C10H20N2O. The number of hydrogen-bond donors (Lipinski definition) is 1. The fourth-order valence-electron chi connectivity index (χ4n) is 1.76. The van der Waals surface area contributed by atoms with Gasteiger partial charge in [0.2, 0.25) is 5.91 Å². The molecule has 0 spiro atoms. The van der Waals surface area contributed by atoms with Crippen molar-refractivity contribution in [2.45, 2.75) is 32.1 Å². The molecule has 1 fully saturated rings. The van der Waals surface area contributed by atoms with Crippen LogP contribution < -0.4 is 5.32 Å². The van der Waals surface area contributed by atoms with E-state index in [1.54, 1.807) is 0 Å². The van der Waals surface area contributed by atoms with Crippen LogP contribution in [0.25, 0.3) is 0 Å². The van der Waals surface area contributed by atoms with E-state index >= 15 is 0 Å². The van der Waals surface area contributed by atoms with Crippen molar-refractivity contribution >= 4 is 5.91 Å². The first-order valence-electron chi connectivity index (χ1n) is 5.27. The van der Waals surface area contributed by atoms with Crippen LogP contribution in [0.15, 0.2) is 0 Å². The van der Waals surface area contributed by atoms with Gasteiger partial charge in [0.1, 0.15) is 0 Å². The van der Waals surface area contributed by atoms with Crippen LogP contribution in [-0.4, -0.2) is 37.5 Å². The molecule has 0 atom stereocenters. The van der Waals surface area contributed by atoms with Crippen LogP contribution in [0.5, 0.6) is 0 Å². The summed E-state index contributed by atoms with van der Waals surface area (Å²) in [7, 11) is 1.82. The van der Waals surface area contributed by atoms with Crippen molar-refractivity contribution in [2.24, 2.45) is 0 Å². The van der Waals surface area contributed by atoms with E-state index in [2.05, 4.69) is 5.32 Å². The Hall–Kier alpha value is -0.570. The van der Waals surface area contributed by atoms with Gasteiger partial charge in [-0.3, -0.25) is 4.79 Å². The molecule has 0 unspecified atom stereocenters. The van der Waals surface area contributed by atoms with Crippen LogP contribution in [0, 0.1) is 0 Å². The van der Waals surface area contributed by atoms with E-state index in [0.29, 0.717) is 6.54 Å². The predicted molar refractivity (Wildman–Crippen MR) is 53.6 cm³/mol. The highest BCUT2D eigenvalue weighted by Crippen LogP contribution is 2.10. The summed E-state index contributed by atoms with van der Waals surface area (Å²) in [6.45, 7) is 2.40. The molecule has 1 N–H and O–H groups in total. The Morgan fingerprint density at radius 2 is 1.69 bits per heavy atom. The summed E-state index contributed by atoms with van der Waals surface area (Å²) in [6, 6.07) is 0. The van der Waals surface area contributed by atoms with Gasteiger partial charge in [0.25, 0.3) is 0 Å². The maximum atomic E-state index is 11.5. The average Bonchev–Trinajstić information content (AvgIpc) is 2.03. The second-order valence-electron chi connectivity index (χ2n) is 3.68. The molecule has 1 heterocycles. The summed E-state index contributed by atoms with van der Waals surface area (Å²) in [5, 5.41) is 2.91. The lowest BCUT2D eigenvalue weighted by Crippen LogP contribution is -2.38. The topological polar surface area (TPSA) is 32.3 Å². The lowest BCUT2D eigenvalue weighted by Gasteiger charge is -2.24. The summed E-state index contributed by atoms with van der Waals surface area (Å²) >= 11 is 0. The van der Waals surface area contributed by atoms with Crippen LogP contribution in [-0.2, 0) is 4.79 Å².